The molecule has 0 saturated carbocycles. The Morgan fingerprint density at radius 1 is 1.20 bits per heavy atom. The third kappa shape index (κ3) is 4.61. The quantitative estimate of drug-likeness (QED) is 0.664. The molecule has 0 aliphatic carbocycles. The van der Waals surface area contributed by atoms with E-state index in [1.165, 1.54) is 11.3 Å². The van der Waals surface area contributed by atoms with Crippen LogP contribution in [0, 0.1) is 13.8 Å². The second-order valence-electron chi connectivity index (χ2n) is 4.86. The van der Waals surface area contributed by atoms with Crippen LogP contribution in [0.5, 0.6) is 5.88 Å². The second kappa shape index (κ2) is 7.41. The number of anilines is 3. The molecule has 0 fully saturated rings. The van der Waals surface area contributed by atoms with Gasteiger partial charge in [0.25, 0.3) is 5.88 Å². The summed E-state index contributed by atoms with van der Waals surface area (Å²) in [6.45, 7) is 3.54. The Labute approximate surface area is 152 Å². The molecule has 0 bridgehead atoms. The first-order valence-corrected chi connectivity index (χ1v) is 8.33. The number of halogens is 1. The molecule has 0 radical (unpaired) electrons. The number of thiazole rings is 1. The van der Waals surface area contributed by atoms with Gasteiger partial charge in [-0.05, 0) is 32.0 Å². The van der Waals surface area contributed by atoms with E-state index in [-0.39, 0.29) is 5.88 Å². The molecule has 0 aliphatic heterocycles. The largest absolute Gasteiger partial charge is 0.419 e. The average molecular weight is 377 g/mol. The van der Waals surface area contributed by atoms with Crippen LogP contribution in [0.15, 0.2) is 30.6 Å². The van der Waals surface area contributed by atoms with Crippen LogP contribution in [0.3, 0.4) is 0 Å². The molecular formula is C15H13ClN6O2S. The lowest BCUT2D eigenvalue weighted by molar-refractivity contribution is 0.213. The molecule has 1 amide bonds. The number of hydrogen-bond donors (Lipinski definition) is 2. The number of rotatable bonds is 4. The van der Waals surface area contributed by atoms with Gasteiger partial charge in [-0.1, -0.05) is 22.9 Å². The van der Waals surface area contributed by atoms with Gasteiger partial charge in [-0.2, -0.15) is 0 Å². The van der Waals surface area contributed by atoms with Gasteiger partial charge in [0.15, 0.2) is 5.00 Å². The van der Waals surface area contributed by atoms with Gasteiger partial charge in [0.2, 0.25) is 0 Å². The summed E-state index contributed by atoms with van der Waals surface area (Å²) in [5.74, 6) is 1.05. The van der Waals surface area contributed by atoms with Crippen LogP contribution in [0.2, 0.25) is 5.15 Å². The van der Waals surface area contributed by atoms with Gasteiger partial charge in [-0.15, -0.1) is 0 Å². The molecule has 3 heterocycles. The zero-order valence-corrected chi connectivity index (χ0v) is 14.9. The summed E-state index contributed by atoms with van der Waals surface area (Å²) in [6.07, 6.45) is 2.42. The first kappa shape index (κ1) is 17.1. The number of nitrogens with zero attached hydrogens (tertiary/aromatic N) is 4. The number of carbonyl (C=O) groups is 1. The van der Waals surface area contributed by atoms with Crippen molar-refractivity contribution < 1.29 is 9.53 Å². The summed E-state index contributed by atoms with van der Waals surface area (Å²) >= 11 is 7.22. The molecule has 0 aliphatic rings. The van der Waals surface area contributed by atoms with Crippen molar-refractivity contribution in [2.75, 3.05) is 10.6 Å². The number of aryl methyl sites for hydroxylation is 2. The minimum Gasteiger partial charge on any atom is -0.388 e. The first-order valence-electron chi connectivity index (χ1n) is 7.14. The number of amides is 1. The van der Waals surface area contributed by atoms with Gasteiger partial charge in [0.1, 0.15) is 16.8 Å². The van der Waals surface area contributed by atoms with E-state index in [1.807, 2.05) is 6.92 Å². The van der Waals surface area contributed by atoms with Gasteiger partial charge in [0, 0.05) is 18.1 Å². The summed E-state index contributed by atoms with van der Waals surface area (Å²) in [5, 5.41) is 7.32. The van der Waals surface area contributed by atoms with E-state index < -0.39 is 6.09 Å². The summed E-state index contributed by atoms with van der Waals surface area (Å²) in [6, 6.07) is 4.97. The molecule has 0 atom stereocenters. The van der Waals surface area contributed by atoms with Crippen molar-refractivity contribution >= 4 is 45.5 Å². The van der Waals surface area contributed by atoms with Crippen LogP contribution >= 0.6 is 22.9 Å². The standard InChI is InChI=1S/C15H13ClN6O2S/c1-8-17-6-4-12(19-8)22-15(23)24-13-14(25-9(2)20-13)21-10-3-5-18-11(16)7-10/h3-7H,1-2H3,(H,18,21)(H,17,19,22,23). The number of hydrogen-bond acceptors (Lipinski definition) is 8. The van der Waals surface area contributed by atoms with Gasteiger partial charge >= 0.3 is 6.09 Å². The molecule has 3 aromatic heterocycles. The van der Waals surface area contributed by atoms with Gasteiger partial charge in [0.05, 0.1) is 5.01 Å². The molecule has 10 heteroatoms. The van der Waals surface area contributed by atoms with Crippen LogP contribution in [-0.2, 0) is 0 Å². The average Bonchev–Trinajstić information content (AvgIpc) is 2.86. The fraction of sp³-hybridized carbons (Fsp3) is 0.133. The Kier molecular flexibility index (Phi) is 5.05. The second-order valence-corrected chi connectivity index (χ2v) is 6.45. The molecule has 8 nitrogen and oxygen atoms in total. The molecular weight excluding hydrogens is 364 g/mol. The van der Waals surface area contributed by atoms with E-state index in [0.717, 1.165) is 5.01 Å². The lowest BCUT2D eigenvalue weighted by atomic mass is 10.4. The summed E-state index contributed by atoms with van der Waals surface area (Å²) < 4.78 is 5.29. The minimum atomic E-state index is -0.695. The molecule has 3 rings (SSSR count). The van der Waals surface area contributed by atoms with E-state index in [9.17, 15) is 4.79 Å². The van der Waals surface area contributed by atoms with E-state index >= 15 is 0 Å². The molecule has 0 spiro atoms. The number of aromatic nitrogens is 4. The highest BCUT2D eigenvalue weighted by atomic mass is 35.5. The highest BCUT2D eigenvalue weighted by molar-refractivity contribution is 7.16. The molecule has 0 aromatic carbocycles. The van der Waals surface area contributed by atoms with Crippen molar-refractivity contribution in [2.24, 2.45) is 0 Å². The topological polar surface area (TPSA) is 102 Å². The molecule has 3 aromatic rings. The van der Waals surface area contributed by atoms with E-state index in [2.05, 4.69) is 30.6 Å². The molecule has 2 N–H and O–H groups in total. The fourth-order valence-corrected chi connectivity index (χ4v) is 2.85. The third-order valence-electron chi connectivity index (χ3n) is 2.88. The fourth-order valence-electron chi connectivity index (χ4n) is 1.91. The van der Waals surface area contributed by atoms with Crippen molar-refractivity contribution in [2.45, 2.75) is 13.8 Å². The summed E-state index contributed by atoms with van der Waals surface area (Å²) in [7, 11) is 0. The summed E-state index contributed by atoms with van der Waals surface area (Å²) in [5.41, 5.74) is 0.709. The molecule has 0 saturated heterocycles. The predicted octanol–water partition coefficient (Wildman–Crippen LogP) is 3.95. The van der Waals surface area contributed by atoms with Crippen molar-refractivity contribution in [3.63, 3.8) is 0 Å². The van der Waals surface area contributed by atoms with E-state index in [0.29, 0.717) is 27.5 Å². The number of nitrogens with one attached hydrogen (secondary N) is 2. The monoisotopic (exact) mass is 376 g/mol. The SMILES string of the molecule is Cc1nccc(NC(=O)Oc2nc(C)sc2Nc2ccnc(Cl)c2)n1. The van der Waals surface area contributed by atoms with Crippen molar-refractivity contribution in [3.8, 4) is 5.88 Å². The zero-order chi connectivity index (χ0) is 17.8. The van der Waals surface area contributed by atoms with Crippen LogP contribution < -0.4 is 15.4 Å². The van der Waals surface area contributed by atoms with Crippen LogP contribution in [0.4, 0.5) is 21.3 Å². The molecule has 0 unspecified atom stereocenters. The van der Waals surface area contributed by atoms with Crippen LogP contribution in [0.25, 0.3) is 0 Å². The maximum absolute atomic E-state index is 12.1. The van der Waals surface area contributed by atoms with E-state index in [4.69, 9.17) is 16.3 Å². The lowest BCUT2D eigenvalue weighted by Gasteiger charge is -2.07. The number of pyridine rings is 1. The Bertz CT molecular complexity index is 917. The van der Waals surface area contributed by atoms with Gasteiger partial charge in [-0.3, -0.25) is 5.32 Å². The maximum atomic E-state index is 12.1. The zero-order valence-electron chi connectivity index (χ0n) is 13.3. The Morgan fingerprint density at radius 2 is 2.00 bits per heavy atom. The normalized spacial score (nSPS) is 10.4. The van der Waals surface area contributed by atoms with Gasteiger partial charge < -0.3 is 10.1 Å². The maximum Gasteiger partial charge on any atom is 0.419 e. The third-order valence-corrected chi connectivity index (χ3v) is 3.96. The highest BCUT2D eigenvalue weighted by Crippen LogP contribution is 2.34. The highest BCUT2D eigenvalue weighted by Gasteiger charge is 2.16. The van der Waals surface area contributed by atoms with Crippen molar-refractivity contribution in [1.82, 2.24) is 19.9 Å². The predicted molar refractivity (Wildman–Crippen MR) is 95.8 cm³/mol. The number of ether oxygens (including phenoxy) is 1. The van der Waals surface area contributed by atoms with Gasteiger partial charge in [-0.25, -0.2) is 24.7 Å². The molecule has 128 valence electrons. The van der Waals surface area contributed by atoms with Crippen LogP contribution in [0.1, 0.15) is 10.8 Å². The van der Waals surface area contributed by atoms with E-state index in [1.54, 1.807) is 37.5 Å². The Hall–Kier alpha value is -2.78. The number of carbonyl (C=O) groups excluding carboxylic acids is 1. The van der Waals surface area contributed by atoms with Crippen LogP contribution in [-0.4, -0.2) is 26.0 Å². The minimum absolute atomic E-state index is 0.165. The molecule has 25 heavy (non-hydrogen) atoms. The lowest BCUT2D eigenvalue weighted by Crippen LogP contribution is -2.18. The van der Waals surface area contributed by atoms with Crippen molar-refractivity contribution in [1.29, 1.82) is 0 Å². The Balaban J connectivity index is 1.73. The van der Waals surface area contributed by atoms with Crippen molar-refractivity contribution in [3.05, 3.63) is 46.6 Å². The smallest absolute Gasteiger partial charge is 0.388 e. The Morgan fingerprint density at radius 3 is 2.76 bits per heavy atom. The first-order chi connectivity index (χ1) is 12.0. The summed E-state index contributed by atoms with van der Waals surface area (Å²) in [4.78, 5) is 28.3.